The molecule has 0 rings (SSSR count). The first-order valence-electron chi connectivity index (χ1n) is 7.02. The summed E-state index contributed by atoms with van der Waals surface area (Å²) >= 11 is 0. The number of hydrogen-bond donors (Lipinski definition) is 2. The fourth-order valence-corrected chi connectivity index (χ4v) is 2.50. The lowest BCUT2D eigenvalue weighted by molar-refractivity contribution is 0.343. The molecule has 0 spiro atoms. The van der Waals surface area contributed by atoms with Crippen molar-refractivity contribution in [3.63, 3.8) is 0 Å². The summed E-state index contributed by atoms with van der Waals surface area (Å²) in [6.45, 7) is 9.02. The van der Waals surface area contributed by atoms with Crippen molar-refractivity contribution in [2.24, 2.45) is 23.3 Å². The second-order valence-corrected chi connectivity index (χ2v) is 5.59. The van der Waals surface area contributed by atoms with Crippen LogP contribution >= 0.6 is 0 Å². The average molecular weight is 228 g/mol. The van der Waals surface area contributed by atoms with Crippen molar-refractivity contribution in [3.05, 3.63) is 0 Å². The van der Waals surface area contributed by atoms with Crippen LogP contribution in [0.1, 0.15) is 66.2 Å². The first-order chi connectivity index (χ1) is 7.51. The van der Waals surface area contributed by atoms with Gasteiger partial charge in [0.05, 0.1) is 0 Å². The molecule has 4 N–H and O–H groups in total. The third kappa shape index (κ3) is 7.24. The molecule has 16 heavy (non-hydrogen) atoms. The van der Waals surface area contributed by atoms with Crippen molar-refractivity contribution < 1.29 is 0 Å². The van der Waals surface area contributed by atoms with Crippen molar-refractivity contribution in [3.8, 4) is 0 Å². The van der Waals surface area contributed by atoms with Gasteiger partial charge in [0, 0.05) is 12.1 Å². The van der Waals surface area contributed by atoms with E-state index in [2.05, 4.69) is 27.7 Å². The summed E-state index contributed by atoms with van der Waals surface area (Å²) in [5.74, 6) is 1.43. The Morgan fingerprint density at radius 2 is 1.06 bits per heavy atom. The van der Waals surface area contributed by atoms with Crippen LogP contribution in [0.5, 0.6) is 0 Å². The largest absolute Gasteiger partial charge is 0.326 e. The van der Waals surface area contributed by atoms with Gasteiger partial charge in [0.1, 0.15) is 0 Å². The highest BCUT2D eigenvalue weighted by atomic mass is 14.8. The van der Waals surface area contributed by atoms with Crippen LogP contribution in [0.15, 0.2) is 0 Å². The minimum atomic E-state index is 0.181. The zero-order chi connectivity index (χ0) is 12.6. The van der Waals surface area contributed by atoms with E-state index in [-0.39, 0.29) is 12.1 Å². The van der Waals surface area contributed by atoms with Gasteiger partial charge in [0.2, 0.25) is 0 Å². The van der Waals surface area contributed by atoms with Crippen LogP contribution in [-0.4, -0.2) is 12.1 Å². The van der Waals surface area contributed by atoms with E-state index in [1.807, 2.05) is 0 Å². The van der Waals surface area contributed by atoms with Gasteiger partial charge in [-0.15, -0.1) is 0 Å². The van der Waals surface area contributed by atoms with Crippen LogP contribution in [-0.2, 0) is 0 Å². The summed E-state index contributed by atoms with van der Waals surface area (Å²) in [5, 5.41) is 0. The van der Waals surface area contributed by atoms with Gasteiger partial charge >= 0.3 is 0 Å². The standard InChI is InChI=1S/C14H32N2/c1-5-7-11(3)9-13(15)14(16)10-12(4)8-6-2/h11-14H,5-10,15-16H2,1-4H3. The fourth-order valence-electron chi connectivity index (χ4n) is 2.50. The third-order valence-electron chi connectivity index (χ3n) is 3.46. The molecular formula is C14H32N2. The molecule has 0 radical (unpaired) electrons. The Hall–Kier alpha value is -0.0800. The molecule has 0 aliphatic heterocycles. The van der Waals surface area contributed by atoms with E-state index >= 15 is 0 Å². The monoisotopic (exact) mass is 228 g/mol. The SMILES string of the molecule is CCCC(C)CC(N)C(N)CC(C)CCC. The minimum absolute atomic E-state index is 0.181. The number of hydrogen-bond acceptors (Lipinski definition) is 2. The van der Waals surface area contributed by atoms with E-state index in [0.717, 1.165) is 12.8 Å². The van der Waals surface area contributed by atoms with Gasteiger partial charge in [-0.1, -0.05) is 53.4 Å². The minimum Gasteiger partial charge on any atom is -0.326 e. The van der Waals surface area contributed by atoms with Crippen LogP contribution in [0.3, 0.4) is 0 Å². The van der Waals surface area contributed by atoms with Gasteiger partial charge in [-0.3, -0.25) is 0 Å². The smallest absolute Gasteiger partial charge is 0.0194 e. The lowest BCUT2D eigenvalue weighted by Crippen LogP contribution is -2.43. The Morgan fingerprint density at radius 3 is 1.31 bits per heavy atom. The first-order valence-corrected chi connectivity index (χ1v) is 7.02. The van der Waals surface area contributed by atoms with Gasteiger partial charge in [0.15, 0.2) is 0 Å². The zero-order valence-corrected chi connectivity index (χ0v) is 11.7. The summed E-state index contributed by atoms with van der Waals surface area (Å²) < 4.78 is 0. The number of nitrogens with two attached hydrogens (primary N) is 2. The van der Waals surface area contributed by atoms with Crippen LogP contribution in [0.25, 0.3) is 0 Å². The molecule has 4 atom stereocenters. The highest BCUT2D eigenvalue weighted by Gasteiger charge is 2.18. The Labute approximate surface area is 102 Å². The highest BCUT2D eigenvalue weighted by Crippen LogP contribution is 2.17. The van der Waals surface area contributed by atoms with E-state index in [1.54, 1.807) is 0 Å². The maximum absolute atomic E-state index is 6.17. The van der Waals surface area contributed by atoms with E-state index in [9.17, 15) is 0 Å². The van der Waals surface area contributed by atoms with Crippen molar-refractivity contribution in [1.29, 1.82) is 0 Å². The highest BCUT2D eigenvalue weighted by molar-refractivity contribution is 4.79. The third-order valence-corrected chi connectivity index (χ3v) is 3.46. The summed E-state index contributed by atoms with van der Waals surface area (Å²) in [5.41, 5.74) is 12.3. The second-order valence-electron chi connectivity index (χ2n) is 5.59. The maximum Gasteiger partial charge on any atom is 0.0194 e. The average Bonchev–Trinajstić information content (AvgIpc) is 2.17. The van der Waals surface area contributed by atoms with Crippen molar-refractivity contribution >= 4 is 0 Å². The summed E-state index contributed by atoms with van der Waals surface area (Å²) in [4.78, 5) is 0. The Bertz CT molecular complexity index is 141. The molecular weight excluding hydrogens is 196 g/mol. The molecule has 0 saturated carbocycles. The quantitative estimate of drug-likeness (QED) is 0.636. The fraction of sp³-hybridized carbons (Fsp3) is 1.00. The van der Waals surface area contributed by atoms with Crippen LogP contribution < -0.4 is 11.5 Å². The molecule has 0 bridgehead atoms. The predicted octanol–water partition coefficient (Wildman–Crippen LogP) is 3.29. The summed E-state index contributed by atoms with van der Waals surface area (Å²) in [6.07, 6.45) is 7.18. The Kier molecular flexibility index (Phi) is 8.96. The maximum atomic E-state index is 6.17. The molecule has 0 fully saturated rings. The van der Waals surface area contributed by atoms with Crippen LogP contribution in [0.4, 0.5) is 0 Å². The van der Waals surface area contributed by atoms with Gasteiger partial charge in [-0.2, -0.15) is 0 Å². The number of rotatable bonds is 9. The molecule has 0 aromatic carbocycles. The topological polar surface area (TPSA) is 52.0 Å². The Morgan fingerprint density at radius 1 is 0.750 bits per heavy atom. The molecule has 2 heteroatoms. The molecule has 4 unspecified atom stereocenters. The molecule has 98 valence electrons. The van der Waals surface area contributed by atoms with E-state index in [4.69, 9.17) is 11.5 Å². The molecule has 0 heterocycles. The van der Waals surface area contributed by atoms with Crippen molar-refractivity contribution in [1.82, 2.24) is 0 Å². The molecule has 0 aliphatic rings. The van der Waals surface area contributed by atoms with Gasteiger partial charge < -0.3 is 11.5 Å². The lowest BCUT2D eigenvalue weighted by atomic mass is 9.88. The van der Waals surface area contributed by atoms with Gasteiger partial charge in [0.25, 0.3) is 0 Å². The normalized spacial score (nSPS) is 19.1. The van der Waals surface area contributed by atoms with Crippen LogP contribution in [0.2, 0.25) is 0 Å². The first kappa shape index (κ1) is 15.9. The van der Waals surface area contributed by atoms with Crippen molar-refractivity contribution in [2.75, 3.05) is 0 Å². The molecule has 0 saturated heterocycles. The van der Waals surface area contributed by atoms with E-state index in [0.29, 0.717) is 11.8 Å². The summed E-state index contributed by atoms with van der Waals surface area (Å²) in [6, 6.07) is 0.363. The lowest BCUT2D eigenvalue weighted by Gasteiger charge is -2.25. The molecule has 0 aromatic rings. The van der Waals surface area contributed by atoms with Crippen molar-refractivity contribution in [2.45, 2.75) is 78.3 Å². The molecule has 0 amide bonds. The molecule has 2 nitrogen and oxygen atoms in total. The van der Waals surface area contributed by atoms with Gasteiger partial charge in [-0.05, 0) is 24.7 Å². The Balaban J connectivity index is 3.83. The molecule has 0 aliphatic carbocycles. The summed E-state index contributed by atoms with van der Waals surface area (Å²) in [7, 11) is 0. The van der Waals surface area contributed by atoms with Crippen LogP contribution in [0, 0.1) is 11.8 Å². The van der Waals surface area contributed by atoms with Gasteiger partial charge in [-0.25, -0.2) is 0 Å². The predicted molar refractivity (Wildman–Crippen MR) is 73.3 cm³/mol. The zero-order valence-electron chi connectivity index (χ0n) is 11.7. The molecule has 0 aromatic heterocycles. The van der Waals surface area contributed by atoms with E-state index in [1.165, 1.54) is 25.7 Å². The second kappa shape index (κ2) is 9.00. The van der Waals surface area contributed by atoms with E-state index < -0.39 is 0 Å².